The number of hydrogen-bond acceptors (Lipinski definition) is 6. The van der Waals surface area contributed by atoms with Crippen LogP contribution >= 0.6 is 0 Å². The summed E-state index contributed by atoms with van der Waals surface area (Å²) in [7, 11) is 1.86. The molecule has 3 N–H and O–H groups in total. The summed E-state index contributed by atoms with van der Waals surface area (Å²) in [4.78, 5) is 27.8. The number of anilines is 1. The van der Waals surface area contributed by atoms with Gasteiger partial charge in [0.2, 0.25) is 0 Å². The fraction of sp³-hybridized carbons (Fsp3) is 0.500. The summed E-state index contributed by atoms with van der Waals surface area (Å²) in [5.74, 6) is -0.271. The highest BCUT2D eigenvalue weighted by molar-refractivity contribution is 5.98. The summed E-state index contributed by atoms with van der Waals surface area (Å²) in [6.45, 7) is 1.52. The lowest BCUT2D eigenvalue weighted by Crippen LogP contribution is -2.38. The molecule has 8 nitrogen and oxygen atoms in total. The van der Waals surface area contributed by atoms with Crippen LogP contribution < -0.4 is 16.0 Å². The number of nitrogens with zero attached hydrogens (tertiary/aromatic N) is 3. The predicted octanol–water partition coefficient (Wildman–Crippen LogP) is 0.277. The molecule has 1 aliphatic heterocycles. The van der Waals surface area contributed by atoms with E-state index in [0.717, 1.165) is 32.1 Å². The van der Waals surface area contributed by atoms with Crippen LogP contribution in [0.15, 0.2) is 12.3 Å². The summed E-state index contributed by atoms with van der Waals surface area (Å²) in [6.07, 6.45) is 3.14. The number of hydrogen-bond donors (Lipinski definition) is 2. The lowest BCUT2D eigenvalue weighted by Gasteiger charge is -2.26. The van der Waals surface area contributed by atoms with E-state index in [-0.39, 0.29) is 17.3 Å². The highest BCUT2D eigenvalue weighted by Gasteiger charge is 2.29. The molecule has 1 aliphatic rings. The second-order valence-corrected chi connectivity index (χ2v) is 4.73. The molecule has 1 aromatic heterocycles. The Kier molecular flexibility index (Phi) is 4.14. The van der Waals surface area contributed by atoms with E-state index in [2.05, 4.69) is 10.3 Å². The SMILES string of the molecule is CNCC1CCCN1c1ncc([N+](=O)[O-])cc1C(N)=O. The van der Waals surface area contributed by atoms with Crippen LogP contribution in [0.3, 0.4) is 0 Å². The Morgan fingerprint density at radius 3 is 3.05 bits per heavy atom. The third-order valence-corrected chi connectivity index (χ3v) is 3.42. The van der Waals surface area contributed by atoms with E-state index >= 15 is 0 Å². The average Bonchev–Trinajstić information content (AvgIpc) is 2.86. The van der Waals surface area contributed by atoms with Gasteiger partial charge in [0.1, 0.15) is 12.0 Å². The molecule has 2 heterocycles. The molecule has 1 aromatic rings. The first-order chi connectivity index (χ1) is 9.54. The number of nitrogens with two attached hydrogens (primary N) is 1. The van der Waals surface area contributed by atoms with E-state index in [1.165, 1.54) is 6.07 Å². The van der Waals surface area contributed by atoms with Crippen LogP contribution in [0.4, 0.5) is 11.5 Å². The van der Waals surface area contributed by atoms with Crippen molar-refractivity contribution in [2.75, 3.05) is 25.0 Å². The maximum atomic E-state index is 11.5. The third-order valence-electron chi connectivity index (χ3n) is 3.42. The topological polar surface area (TPSA) is 114 Å². The van der Waals surface area contributed by atoms with Gasteiger partial charge < -0.3 is 16.0 Å². The van der Waals surface area contributed by atoms with Gasteiger partial charge in [-0.25, -0.2) is 4.98 Å². The van der Waals surface area contributed by atoms with Crippen molar-refractivity contribution in [2.24, 2.45) is 5.73 Å². The number of primary amides is 1. The molecule has 0 aliphatic carbocycles. The smallest absolute Gasteiger partial charge is 0.288 e. The van der Waals surface area contributed by atoms with E-state index in [9.17, 15) is 14.9 Å². The van der Waals surface area contributed by atoms with E-state index < -0.39 is 10.8 Å². The van der Waals surface area contributed by atoms with E-state index in [4.69, 9.17) is 5.73 Å². The van der Waals surface area contributed by atoms with Gasteiger partial charge in [0.25, 0.3) is 11.6 Å². The van der Waals surface area contributed by atoms with Crippen LogP contribution in [0.1, 0.15) is 23.2 Å². The van der Waals surface area contributed by atoms with Gasteiger partial charge >= 0.3 is 0 Å². The van der Waals surface area contributed by atoms with Crippen LogP contribution in [0.2, 0.25) is 0 Å². The highest BCUT2D eigenvalue weighted by Crippen LogP contribution is 2.28. The van der Waals surface area contributed by atoms with Crippen molar-refractivity contribution >= 4 is 17.4 Å². The predicted molar refractivity (Wildman–Crippen MR) is 73.7 cm³/mol. The quantitative estimate of drug-likeness (QED) is 0.591. The number of nitro groups is 1. The Labute approximate surface area is 116 Å². The Balaban J connectivity index is 2.40. The average molecular weight is 279 g/mol. The fourth-order valence-electron chi connectivity index (χ4n) is 2.52. The molecule has 1 amide bonds. The van der Waals surface area contributed by atoms with E-state index in [1.54, 1.807) is 0 Å². The molecule has 1 unspecified atom stereocenters. The van der Waals surface area contributed by atoms with Crippen molar-refractivity contribution in [3.63, 3.8) is 0 Å². The lowest BCUT2D eigenvalue weighted by molar-refractivity contribution is -0.385. The number of pyridine rings is 1. The summed E-state index contributed by atoms with van der Waals surface area (Å²) >= 11 is 0. The van der Waals surface area contributed by atoms with Crippen molar-refractivity contribution in [1.82, 2.24) is 10.3 Å². The third kappa shape index (κ3) is 2.69. The van der Waals surface area contributed by atoms with Crippen molar-refractivity contribution in [3.8, 4) is 0 Å². The van der Waals surface area contributed by atoms with Gasteiger partial charge in [0, 0.05) is 25.2 Å². The summed E-state index contributed by atoms with van der Waals surface area (Å²) < 4.78 is 0. The van der Waals surface area contributed by atoms with Gasteiger partial charge in [-0.15, -0.1) is 0 Å². The molecular weight excluding hydrogens is 262 g/mol. The molecule has 0 bridgehead atoms. The molecule has 8 heteroatoms. The van der Waals surface area contributed by atoms with Crippen molar-refractivity contribution in [3.05, 3.63) is 27.9 Å². The van der Waals surface area contributed by atoms with Crippen molar-refractivity contribution < 1.29 is 9.72 Å². The van der Waals surface area contributed by atoms with Crippen molar-refractivity contribution in [2.45, 2.75) is 18.9 Å². The van der Waals surface area contributed by atoms with Crippen LogP contribution in [-0.2, 0) is 0 Å². The lowest BCUT2D eigenvalue weighted by atomic mass is 10.2. The van der Waals surface area contributed by atoms with Crippen LogP contribution in [0, 0.1) is 10.1 Å². The Morgan fingerprint density at radius 2 is 2.45 bits per heavy atom. The van der Waals surface area contributed by atoms with E-state index in [1.807, 2.05) is 11.9 Å². The van der Waals surface area contributed by atoms with Gasteiger partial charge in [-0.05, 0) is 19.9 Å². The number of amides is 1. The zero-order valence-corrected chi connectivity index (χ0v) is 11.2. The molecule has 1 atom stereocenters. The van der Waals surface area contributed by atoms with Gasteiger partial charge in [-0.1, -0.05) is 0 Å². The Hall–Kier alpha value is -2.22. The first-order valence-electron chi connectivity index (χ1n) is 6.40. The molecule has 0 spiro atoms. The maximum Gasteiger partial charge on any atom is 0.288 e. The maximum absolute atomic E-state index is 11.5. The molecule has 2 rings (SSSR count). The Morgan fingerprint density at radius 1 is 1.70 bits per heavy atom. The van der Waals surface area contributed by atoms with Gasteiger partial charge in [-0.3, -0.25) is 14.9 Å². The zero-order chi connectivity index (χ0) is 14.7. The largest absolute Gasteiger partial charge is 0.365 e. The standard InChI is InChI=1S/C12H17N5O3/c1-14-6-8-3-2-4-16(8)12-10(11(13)18)5-9(7-15-12)17(19)20/h5,7-8,14H,2-4,6H2,1H3,(H2,13,18). The summed E-state index contributed by atoms with van der Waals surface area (Å²) in [5.41, 5.74) is 5.20. The highest BCUT2D eigenvalue weighted by atomic mass is 16.6. The number of rotatable bonds is 5. The molecule has 20 heavy (non-hydrogen) atoms. The fourth-order valence-corrected chi connectivity index (χ4v) is 2.52. The zero-order valence-electron chi connectivity index (χ0n) is 11.2. The molecule has 108 valence electrons. The Bertz CT molecular complexity index is 534. The minimum Gasteiger partial charge on any atom is -0.365 e. The number of nitrogens with one attached hydrogen (secondary N) is 1. The molecule has 1 saturated heterocycles. The normalized spacial score (nSPS) is 18.2. The summed E-state index contributed by atoms with van der Waals surface area (Å²) in [6, 6.07) is 1.41. The second-order valence-electron chi connectivity index (χ2n) is 4.73. The second kappa shape index (κ2) is 5.83. The number of likely N-dealkylation sites (N-methyl/N-ethyl adjacent to an activating group) is 1. The monoisotopic (exact) mass is 279 g/mol. The molecular formula is C12H17N5O3. The number of carbonyl (C=O) groups excluding carboxylic acids is 1. The van der Waals surface area contributed by atoms with Gasteiger partial charge in [0.15, 0.2) is 0 Å². The molecule has 1 fully saturated rings. The van der Waals surface area contributed by atoms with Crippen LogP contribution in [0.25, 0.3) is 0 Å². The molecule has 0 saturated carbocycles. The summed E-state index contributed by atoms with van der Waals surface area (Å²) in [5, 5.41) is 13.9. The van der Waals surface area contributed by atoms with Gasteiger partial charge in [-0.2, -0.15) is 0 Å². The van der Waals surface area contributed by atoms with Crippen molar-refractivity contribution in [1.29, 1.82) is 0 Å². The first kappa shape index (κ1) is 14.2. The van der Waals surface area contributed by atoms with E-state index in [0.29, 0.717) is 5.82 Å². The minimum absolute atomic E-state index is 0.0993. The van der Waals surface area contributed by atoms with Gasteiger partial charge in [0.05, 0.1) is 10.5 Å². The molecule has 0 aromatic carbocycles. The molecule has 0 radical (unpaired) electrons. The minimum atomic E-state index is -0.702. The van der Waals surface area contributed by atoms with Crippen LogP contribution in [-0.4, -0.2) is 42.0 Å². The number of carbonyl (C=O) groups is 1. The first-order valence-corrected chi connectivity index (χ1v) is 6.40. The number of aromatic nitrogens is 1. The van der Waals surface area contributed by atoms with Crippen LogP contribution in [0.5, 0.6) is 0 Å².